The number of esters is 2. The molecule has 1 aromatic heterocycles. The van der Waals surface area contributed by atoms with Crippen molar-refractivity contribution in [3.8, 4) is 0 Å². The molecule has 0 radical (unpaired) electrons. The second kappa shape index (κ2) is 12.9. The molecule has 9 nitrogen and oxygen atoms in total. The van der Waals surface area contributed by atoms with Crippen molar-refractivity contribution in [3.05, 3.63) is 137 Å². The van der Waals surface area contributed by atoms with Gasteiger partial charge in [-0.15, -0.1) is 0 Å². The molecule has 5 rings (SSSR count). The highest BCUT2D eigenvalue weighted by atomic mass is 16.5. The molecule has 0 aliphatic carbocycles. The molecule has 0 spiro atoms. The Morgan fingerprint density at radius 1 is 0.545 bits per heavy atom. The third kappa shape index (κ3) is 6.22. The number of cyclic esters (lactones) is 2. The maximum Gasteiger partial charge on any atom is 0.338 e. The number of hydrogen-bond acceptors (Lipinski definition) is 7. The van der Waals surface area contributed by atoms with Gasteiger partial charge in [-0.3, -0.25) is 9.59 Å². The van der Waals surface area contributed by atoms with E-state index in [4.69, 9.17) is 9.47 Å². The smallest absolute Gasteiger partial charge is 0.338 e. The van der Waals surface area contributed by atoms with Gasteiger partial charge < -0.3 is 19.3 Å². The van der Waals surface area contributed by atoms with Crippen LogP contribution in [0.4, 0.5) is 0 Å². The summed E-state index contributed by atoms with van der Waals surface area (Å²) in [6.45, 7) is 3.53. The van der Waals surface area contributed by atoms with E-state index in [2.05, 4.69) is 4.98 Å². The van der Waals surface area contributed by atoms with Crippen LogP contribution in [0.15, 0.2) is 103 Å². The van der Waals surface area contributed by atoms with Gasteiger partial charge in [0.25, 0.3) is 11.8 Å². The van der Waals surface area contributed by atoms with E-state index in [-0.39, 0.29) is 22.5 Å². The van der Waals surface area contributed by atoms with Crippen LogP contribution in [0.3, 0.4) is 0 Å². The Kier molecular flexibility index (Phi) is 8.85. The van der Waals surface area contributed by atoms with Crippen molar-refractivity contribution in [3.63, 3.8) is 0 Å². The van der Waals surface area contributed by atoms with Gasteiger partial charge in [-0.1, -0.05) is 72.8 Å². The molecule has 1 unspecified atom stereocenters. The van der Waals surface area contributed by atoms with Crippen LogP contribution in [0.1, 0.15) is 78.9 Å². The van der Waals surface area contributed by atoms with E-state index < -0.39 is 48.0 Å². The number of benzene rings is 3. The molecule has 4 aromatic rings. The van der Waals surface area contributed by atoms with Gasteiger partial charge in [0.05, 0.1) is 23.2 Å². The third-order valence-corrected chi connectivity index (χ3v) is 7.98. The van der Waals surface area contributed by atoms with E-state index in [1.165, 1.54) is 28.0 Å². The average Bonchev–Trinajstić information content (AvgIpc) is 3.07. The predicted molar refractivity (Wildman–Crippen MR) is 163 cm³/mol. The highest BCUT2D eigenvalue weighted by Crippen LogP contribution is 2.29. The quantitative estimate of drug-likeness (QED) is 0.283. The minimum absolute atomic E-state index is 0.0595. The second-order valence-corrected chi connectivity index (χ2v) is 10.8. The van der Waals surface area contributed by atoms with Crippen molar-refractivity contribution < 1.29 is 28.7 Å². The number of aromatic nitrogens is 1. The van der Waals surface area contributed by atoms with Crippen LogP contribution in [0, 0.1) is 0 Å². The fourth-order valence-corrected chi connectivity index (χ4v) is 5.13. The molecule has 1 aliphatic heterocycles. The Bertz CT molecular complexity index is 1560. The largest absolute Gasteiger partial charge is 0.452 e. The summed E-state index contributed by atoms with van der Waals surface area (Å²) in [5, 5.41) is 0. The van der Waals surface area contributed by atoms with Crippen molar-refractivity contribution >= 4 is 23.8 Å². The Morgan fingerprint density at radius 2 is 0.932 bits per heavy atom. The molecular formula is C35H33N3O6. The van der Waals surface area contributed by atoms with E-state index in [9.17, 15) is 19.2 Å². The standard InChI is InChI=1S/C35H33N3O6/c1-22-30(24-13-7-5-8-14-24)43-34(41)26-17-11-18-27(21-26)35(42)44-31(25-15-9-6-10-16-25)23(2)38(4)33(40)29-20-12-19-28(36-29)32(39)37(22)3/h5-23,30-31H,1-4H3/t22-,23-,30-,31?/m0/s1. The number of ether oxygens (including phenoxy) is 2. The van der Waals surface area contributed by atoms with Crippen LogP contribution in [-0.4, -0.2) is 64.7 Å². The Balaban J connectivity index is 1.62. The van der Waals surface area contributed by atoms with Gasteiger partial charge in [0.2, 0.25) is 0 Å². The molecule has 0 fully saturated rings. The lowest BCUT2D eigenvalue weighted by Crippen LogP contribution is -2.42. The van der Waals surface area contributed by atoms with Crippen LogP contribution in [0.5, 0.6) is 0 Å². The molecular weight excluding hydrogens is 558 g/mol. The molecule has 1 aliphatic rings. The Morgan fingerprint density at radius 3 is 1.34 bits per heavy atom. The first-order chi connectivity index (χ1) is 21.2. The fraction of sp³-hybridized carbons (Fsp3) is 0.229. The minimum atomic E-state index is -0.855. The van der Waals surface area contributed by atoms with E-state index >= 15 is 0 Å². The zero-order valence-electron chi connectivity index (χ0n) is 24.9. The lowest BCUT2D eigenvalue weighted by atomic mass is 10.0. The van der Waals surface area contributed by atoms with Gasteiger partial charge in [-0.25, -0.2) is 14.6 Å². The van der Waals surface area contributed by atoms with Gasteiger partial charge in [0, 0.05) is 14.1 Å². The molecule has 224 valence electrons. The first-order valence-electron chi connectivity index (χ1n) is 14.3. The highest BCUT2D eigenvalue weighted by Gasteiger charge is 2.33. The van der Waals surface area contributed by atoms with E-state index in [0.29, 0.717) is 11.1 Å². The number of carbonyl (C=O) groups is 4. The molecule has 4 bridgehead atoms. The summed E-state index contributed by atoms with van der Waals surface area (Å²) in [6.07, 6.45) is -1.71. The second-order valence-electron chi connectivity index (χ2n) is 10.8. The van der Waals surface area contributed by atoms with Gasteiger partial charge in [0.15, 0.2) is 0 Å². The number of carbonyl (C=O) groups excluding carboxylic acids is 4. The molecule has 0 N–H and O–H groups in total. The van der Waals surface area contributed by atoms with Crippen LogP contribution in [0.2, 0.25) is 0 Å². The normalized spacial score (nSPS) is 21.6. The summed E-state index contributed by atoms with van der Waals surface area (Å²) in [6, 6.07) is 27.7. The average molecular weight is 592 g/mol. The zero-order chi connectivity index (χ0) is 31.4. The minimum Gasteiger partial charge on any atom is -0.452 e. The summed E-state index contributed by atoms with van der Waals surface area (Å²) >= 11 is 0. The van der Waals surface area contributed by atoms with E-state index in [0.717, 1.165) is 0 Å². The van der Waals surface area contributed by atoms with Crippen molar-refractivity contribution in [2.75, 3.05) is 14.1 Å². The molecule has 44 heavy (non-hydrogen) atoms. The summed E-state index contributed by atoms with van der Waals surface area (Å²) < 4.78 is 12.0. The Labute approximate surface area is 256 Å². The molecule has 2 amide bonds. The predicted octanol–water partition coefficient (Wildman–Crippen LogP) is 5.51. The van der Waals surface area contributed by atoms with Crippen LogP contribution < -0.4 is 0 Å². The van der Waals surface area contributed by atoms with Crippen molar-refractivity contribution in [2.24, 2.45) is 0 Å². The van der Waals surface area contributed by atoms with E-state index in [1.54, 1.807) is 52.2 Å². The van der Waals surface area contributed by atoms with Gasteiger partial charge in [0.1, 0.15) is 23.6 Å². The molecule has 9 heteroatoms. The lowest BCUT2D eigenvalue weighted by molar-refractivity contribution is 0.00459. The summed E-state index contributed by atoms with van der Waals surface area (Å²) in [5.41, 5.74) is 1.77. The number of pyridine rings is 1. The molecule has 4 atom stereocenters. The maximum absolute atomic E-state index is 13.7. The summed E-state index contributed by atoms with van der Waals surface area (Å²) in [4.78, 5) is 61.7. The number of rotatable bonds is 2. The van der Waals surface area contributed by atoms with Crippen LogP contribution in [0.25, 0.3) is 0 Å². The summed E-state index contributed by atoms with van der Waals surface area (Å²) in [7, 11) is 3.20. The van der Waals surface area contributed by atoms with Gasteiger partial charge in [-0.2, -0.15) is 0 Å². The third-order valence-electron chi connectivity index (χ3n) is 7.98. The molecule has 3 aromatic carbocycles. The first-order valence-corrected chi connectivity index (χ1v) is 14.3. The zero-order valence-corrected chi connectivity index (χ0v) is 24.9. The first kappa shape index (κ1) is 30.2. The molecule has 2 heterocycles. The number of fused-ring (bicyclic) bond motifs is 4. The highest BCUT2D eigenvalue weighted by molar-refractivity contribution is 5.97. The van der Waals surface area contributed by atoms with Crippen molar-refractivity contribution in [1.82, 2.24) is 14.8 Å². The number of hydrogen-bond donors (Lipinski definition) is 0. The van der Waals surface area contributed by atoms with Gasteiger partial charge in [-0.05, 0) is 55.3 Å². The molecule has 0 saturated carbocycles. The topological polar surface area (TPSA) is 106 Å². The van der Waals surface area contributed by atoms with Crippen LogP contribution in [-0.2, 0) is 9.47 Å². The maximum atomic E-state index is 13.7. The Hall–Kier alpha value is -5.31. The molecule has 0 saturated heterocycles. The number of amides is 2. The van der Waals surface area contributed by atoms with E-state index in [1.807, 2.05) is 60.7 Å². The fourth-order valence-electron chi connectivity index (χ4n) is 5.13. The number of nitrogens with zero attached hydrogens (tertiary/aromatic N) is 3. The van der Waals surface area contributed by atoms with Crippen molar-refractivity contribution in [1.29, 1.82) is 0 Å². The SMILES string of the molecule is C[C@H]1C(c2ccccc2)OC(=O)c2cccc(c2)C(=O)O[C@H](c2ccccc2)[C@H](C)N(C)C(=O)c2cccc(n2)C(=O)N1C. The van der Waals surface area contributed by atoms with Crippen LogP contribution >= 0.6 is 0 Å². The lowest BCUT2D eigenvalue weighted by Gasteiger charge is -2.33. The monoisotopic (exact) mass is 591 g/mol. The number of likely N-dealkylation sites (N-methyl/N-ethyl adjacent to an activating group) is 2. The van der Waals surface area contributed by atoms with Gasteiger partial charge >= 0.3 is 11.9 Å². The summed E-state index contributed by atoms with van der Waals surface area (Å²) in [5.74, 6) is -2.22. The van der Waals surface area contributed by atoms with Crippen molar-refractivity contribution in [2.45, 2.75) is 38.1 Å².